The van der Waals surface area contributed by atoms with Gasteiger partial charge in [-0.15, -0.1) is 0 Å². The van der Waals surface area contributed by atoms with E-state index in [9.17, 15) is 0 Å². The summed E-state index contributed by atoms with van der Waals surface area (Å²) in [5, 5.41) is 8.75. The highest BCUT2D eigenvalue weighted by molar-refractivity contribution is 14.1. The lowest BCUT2D eigenvalue weighted by Crippen LogP contribution is -1.94. The van der Waals surface area contributed by atoms with Crippen LogP contribution in [0.1, 0.15) is 5.56 Å². The minimum atomic E-state index is 0.324. The topological polar surface area (TPSA) is 33.8 Å². The fourth-order valence-electron chi connectivity index (χ4n) is 1.81. The normalized spacial score (nSPS) is 9.48. The summed E-state index contributed by atoms with van der Waals surface area (Å²) in [5.41, 5.74) is 1.72. The van der Waals surface area contributed by atoms with E-state index in [4.69, 9.17) is 16.4 Å². The summed E-state index contributed by atoms with van der Waals surface area (Å²) in [4.78, 5) is 3.35. The van der Waals surface area contributed by atoms with Crippen molar-refractivity contribution in [1.82, 2.24) is 0 Å². The van der Waals surface area contributed by atoms with Crippen LogP contribution in [0.5, 0.6) is 11.5 Å². The zero-order valence-corrected chi connectivity index (χ0v) is 17.5. The highest BCUT2D eigenvalue weighted by Gasteiger charge is 1.96. The number of aromatic hydroxyl groups is 1. The Kier molecular flexibility index (Phi) is 8.01. The van der Waals surface area contributed by atoms with Gasteiger partial charge in [0.15, 0.2) is 5.69 Å². The Hall–Kier alpha value is -1.79. The highest BCUT2D eigenvalue weighted by Crippen LogP contribution is 2.17. The van der Waals surface area contributed by atoms with Crippen molar-refractivity contribution in [2.45, 2.75) is 6.61 Å². The summed E-state index contributed by atoms with van der Waals surface area (Å²) in [6.07, 6.45) is 0. The van der Waals surface area contributed by atoms with Crippen molar-refractivity contribution in [2.24, 2.45) is 0 Å². The highest BCUT2D eigenvalue weighted by atomic mass is 127. The van der Waals surface area contributed by atoms with E-state index in [1.54, 1.807) is 24.3 Å². The second-order valence-corrected chi connectivity index (χ2v) is 7.49. The van der Waals surface area contributed by atoms with Crippen LogP contribution in [0.2, 0.25) is 0 Å². The first-order valence-electron chi connectivity index (χ1n) is 7.36. The van der Waals surface area contributed by atoms with Gasteiger partial charge in [0.1, 0.15) is 18.1 Å². The fourth-order valence-corrected chi connectivity index (χ4v) is 2.52. The third-order valence-electron chi connectivity index (χ3n) is 3.11. The zero-order chi connectivity index (χ0) is 18.1. The number of halogens is 2. The number of nitrogens with zero attached hydrogens (tertiary/aromatic N) is 1. The molecule has 126 valence electrons. The summed E-state index contributed by atoms with van der Waals surface area (Å²) in [5.74, 6) is 1.19. The third kappa shape index (κ3) is 7.32. The lowest BCUT2D eigenvalue weighted by molar-refractivity contribution is 0.306. The molecule has 1 N–H and O–H groups in total. The summed E-state index contributed by atoms with van der Waals surface area (Å²) < 4.78 is 7.97. The number of phenols is 1. The summed E-state index contributed by atoms with van der Waals surface area (Å²) in [7, 11) is 0. The SMILES string of the molecule is Oc1ccc(I)cc1.[C-]#[N+]c1ccc(COc2ccc(I)cc2)cc1. The Morgan fingerprint density at radius 3 is 1.80 bits per heavy atom. The van der Waals surface area contributed by atoms with Crippen LogP contribution in [0.3, 0.4) is 0 Å². The molecule has 25 heavy (non-hydrogen) atoms. The first-order valence-corrected chi connectivity index (χ1v) is 9.52. The van der Waals surface area contributed by atoms with Gasteiger partial charge in [-0.3, -0.25) is 0 Å². The predicted molar refractivity (Wildman–Crippen MR) is 117 cm³/mol. The number of hydrogen-bond donors (Lipinski definition) is 1. The molecule has 0 spiro atoms. The largest absolute Gasteiger partial charge is 0.508 e. The minimum Gasteiger partial charge on any atom is -0.508 e. The van der Waals surface area contributed by atoms with Gasteiger partial charge in [-0.2, -0.15) is 0 Å². The molecule has 0 fully saturated rings. The Labute approximate surface area is 174 Å². The lowest BCUT2D eigenvalue weighted by Gasteiger charge is -2.06. The quantitative estimate of drug-likeness (QED) is 0.299. The molecule has 0 aromatic heterocycles. The number of benzene rings is 3. The molecule has 5 heteroatoms. The molecule has 3 rings (SSSR count). The van der Waals surface area contributed by atoms with Crippen molar-refractivity contribution in [3.05, 3.63) is 96.9 Å². The van der Waals surface area contributed by atoms with Gasteiger partial charge in [0.2, 0.25) is 0 Å². The molecule has 0 amide bonds. The number of hydrogen-bond acceptors (Lipinski definition) is 2. The first kappa shape index (κ1) is 19.5. The predicted octanol–water partition coefficient (Wildman–Crippen LogP) is 6.42. The molecule has 0 atom stereocenters. The van der Waals surface area contributed by atoms with Gasteiger partial charge < -0.3 is 9.84 Å². The third-order valence-corrected chi connectivity index (χ3v) is 4.55. The fraction of sp³-hybridized carbons (Fsp3) is 0.0500. The van der Waals surface area contributed by atoms with E-state index >= 15 is 0 Å². The summed E-state index contributed by atoms with van der Waals surface area (Å²) in [6, 6.07) is 22.4. The second kappa shape index (κ2) is 10.3. The number of rotatable bonds is 3. The molecule has 0 aliphatic rings. The molecule has 0 radical (unpaired) electrons. The van der Waals surface area contributed by atoms with Crippen LogP contribution in [0.15, 0.2) is 72.8 Å². The molecule has 0 unspecified atom stereocenters. The van der Waals surface area contributed by atoms with Gasteiger partial charge in [-0.1, -0.05) is 24.3 Å². The molecule has 0 saturated heterocycles. The van der Waals surface area contributed by atoms with Gasteiger partial charge in [-0.25, -0.2) is 4.85 Å². The van der Waals surface area contributed by atoms with Crippen molar-refractivity contribution < 1.29 is 9.84 Å². The van der Waals surface area contributed by atoms with Crippen molar-refractivity contribution in [3.8, 4) is 11.5 Å². The molecule has 3 nitrogen and oxygen atoms in total. The molecule has 0 aliphatic carbocycles. The van der Waals surface area contributed by atoms with Crippen molar-refractivity contribution in [1.29, 1.82) is 0 Å². The molecule has 3 aromatic carbocycles. The Morgan fingerprint density at radius 2 is 1.32 bits per heavy atom. The zero-order valence-electron chi connectivity index (χ0n) is 13.2. The summed E-state index contributed by atoms with van der Waals surface area (Å²) >= 11 is 4.45. The maximum atomic E-state index is 8.75. The van der Waals surface area contributed by atoms with E-state index < -0.39 is 0 Å². The van der Waals surface area contributed by atoms with Crippen LogP contribution in [0.4, 0.5) is 5.69 Å². The first-order chi connectivity index (χ1) is 12.1. The van der Waals surface area contributed by atoms with E-state index in [-0.39, 0.29) is 0 Å². The minimum absolute atomic E-state index is 0.324. The van der Waals surface area contributed by atoms with Crippen molar-refractivity contribution in [3.63, 3.8) is 0 Å². The van der Waals surface area contributed by atoms with Gasteiger partial charge in [0.05, 0.1) is 6.57 Å². The molecule has 0 aliphatic heterocycles. The van der Waals surface area contributed by atoms with Crippen LogP contribution < -0.4 is 4.74 Å². The van der Waals surface area contributed by atoms with Gasteiger partial charge in [0, 0.05) is 7.14 Å². The van der Waals surface area contributed by atoms with E-state index in [1.165, 1.54) is 3.57 Å². The molecule has 0 saturated carbocycles. The van der Waals surface area contributed by atoms with Gasteiger partial charge >= 0.3 is 0 Å². The van der Waals surface area contributed by atoms with Crippen molar-refractivity contribution >= 4 is 50.9 Å². The van der Waals surface area contributed by atoms with E-state index in [2.05, 4.69) is 50.0 Å². The van der Waals surface area contributed by atoms with Crippen molar-refractivity contribution in [2.75, 3.05) is 0 Å². The van der Waals surface area contributed by atoms with Crippen LogP contribution in [-0.4, -0.2) is 5.11 Å². The van der Waals surface area contributed by atoms with Crippen LogP contribution in [-0.2, 0) is 6.61 Å². The smallest absolute Gasteiger partial charge is 0.187 e. The van der Waals surface area contributed by atoms with E-state index in [0.29, 0.717) is 18.0 Å². The molecule has 0 bridgehead atoms. The van der Waals surface area contributed by atoms with Crippen LogP contribution >= 0.6 is 45.2 Å². The Bertz CT molecular complexity index is 803. The lowest BCUT2D eigenvalue weighted by atomic mass is 10.2. The van der Waals surface area contributed by atoms with E-state index in [1.807, 2.05) is 48.5 Å². The Balaban J connectivity index is 0.000000236. The van der Waals surface area contributed by atoms with E-state index in [0.717, 1.165) is 14.9 Å². The maximum Gasteiger partial charge on any atom is 0.187 e. The average molecular weight is 555 g/mol. The number of ether oxygens (including phenoxy) is 1. The molecule has 3 aromatic rings. The maximum absolute atomic E-state index is 8.75. The number of phenolic OH excluding ortho intramolecular Hbond substituents is 1. The second-order valence-electron chi connectivity index (χ2n) is 5.00. The van der Waals surface area contributed by atoms with Gasteiger partial charge in [0.25, 0.3) is 0 Å². The monoisotopic (exact) mass is 555 g/mol. The van der Waals surface area contributed by atoms with Crippen LogP contribution in [0.25, 0.3) is 4.85 Å². The van der Waals surface area contributed by atoms with Crippen LogP contribution in [0, 0.1) is 13.7 Å². The Morgan fingerprint density at radius 1 is 0.800 bits per heavy atom. The molecular weight excluding hydrogens is 540 g/mol. The molecular formula is C20H15I2NO2. The average Bonchev–Trinajstić information content (AvgIpc) is 2.65. The summed E-state index contributed by atoms with van der Waals surface area (Å²) in [6.45, 7) is 7.39. The van der Waals surface area contributed by atoms with Gasteiger partial charge in [-0.05, 0) is 99.3 Å². The standard InChI is InChI=1S/C14H10INO.C6H5IO/c1-16-13-6-2-11(3-7-13)10-17-14-8-4-12(15)5-9-14;7-5-1-3-6(8)4-2-5/h2-9H,10H2;1-4,8H. The molecule has 0 heterocycles.